The maximum absolute atomic E-state index is 12.2. The van der Waals surface area contributed by atoms with Gasteiger partial charge in [0.25, 0.3) is 0 Å². The summed E-state index contributed by atoms with van der Waals surface area (Å²) in [6, 6.07) is 14.3. The lowest BCUT2D eigenvalue weighted by molar-refractivity contribution is -0.116. The van der Waals surface area contributed by atoms with E-state index >= 15 is 0 Å². The Kier molecular flexibility index (Phi) is 5.75. The number of aryl methyl sites for hydroxylation is 3. The van der Waals surface area contributed by atoms with Gasteiger partial charge in [-0.1, -0.05) is 44.2 Å². The van der Waals surface area contributed by atoms with E-state index in [0.717, 1.165) is 28.1 Å². The summed E-state index contributed by atoms with van der Waals surface area (Å²) < 4.78 is 5.82. The number of hydrogen-bond acceptors (Lipinski definition) is 3. The first-order valence-electron chi connectivity index (χ1n) is 9.34. The second-order valence-electron chi connectivity index (χ2n) is 7.32. The van der Waals surface area contributed by atoms with Gasteiger partial charge in [-0.25, -0.2) is 4.98 Å². The molecule has 1 amide bonds. The van der Waals surface area contributed by atoms with Gasteiger partial charge in [-0.15, -0.1) is 0 Å². The van der Waals surface area contributed by atoms with Crippen LogP contribution in [0.1, 0.15) is 48.8 Å². The number of aromatic nitrogens is 1. The van der Waals surface area contributed by atoms with E-state index in [9.17, 15) is 4.79 Å². The molecule has 1 aromatic heterocycles. The van der Waals surface area contributed by atoms with Gasteiger partial charge in [0.05, 0.1) is 6.20 Å². The zero-order valence-electron chi connectivity index (χ0n) is 16.4. The molecule has 0 aliphatic rings. The van der Waals surface area contributed by atoms with Crippen molar-refractivity contribution in [3.05, 3.63) is 71.2 Å². The van der Waals surface area contributed by atoms with Crippen molar-refractivity contribution in [2.75, 3.05) is 5.32 Å². The molecule has 27 heavy (non-hydrogen) atoms. The first kappa shape index (κ1) is 18.9. The van der Waals surface area contributed by atoms with Gasteiger partial charge in [-0.05, 0) is 48.6 Å². The molecular formula is C23H26N2O2. The van der Waals surface area contributed by atoms with Crippen molar-refractivity contribution in [1.29, 1.82) is 0 Å². The molecule has 2 aromatic carbocycles. The largest absolute Gasteiger partial charge is 0.441 e. The van der Waals surface area contributed by atoms with Crippen molar-refractivity contribution in [2.45, 2.75) is 46.5 Å². The fourth-order valence-electron chi connectivity index (χ4n) is 3.08. The lowest BCUT2D eigenvalue weighted by atomic mass is 10.0. The Labute approximate surface area is 160 Å². The van der Waals surface area contributed by atoms with Crippen LogP contribution in [0.4, 0.5) is 5.69 Å². The molecule has 4 heteroatoms. The van der Waals surface area contributed by atoms with Crippen molar-refractivity contribution in [3.8, 4) is 11.3 Å². The van der Waals surface area contributed by atoms with E-state index < -0.39 is 0 Å². The van der Waals surface area contributed by atoms with Crippen molar-refractivity contribution < 1.29 is 9.21 Å². The molecule has 0 aliphatic carbocycles. The first-order valence-corrected chi connectivity index (χ1v) is 9.34. The number of carbonyl (C=O) groups excluding carboxylic acids is 1. The van der Waals surface area contributed by atoms with Crippen LogP contribution in [0.3, 0.4) is 0 Å². The van der Waals surface area contributed by atoms with Crippen LogP contribution < -0.4 is 5.32 Å². The molecule has 0 atom stereocenters. The number of nitrogens with one attached hydrogen (secondary N) is 1. The third-order valence-corrected chi connectivity index (χ3v) is 4.49. The van der Waals surface area contributed by atoms with Crippen LogP contribution in [0, 0.1) is 13.8 Å². The summed E-state index contributed by atoms with van der Waals surface area (Å²) in [5, 5.41) is 2.94. The predicted molar refractivity (Wildman–Crippen MR) is 109 cm³/mol. The highest BCUT2D eigenvalue weighted by molar-refractivity contribution is 5.90. The molecule has 0 saturated heterocycles. The Morgan fingerprint density at radius 3 is 2.37 bits per heavy atom. The van der Waals surface area contributed by atoms with Crippen LogP contribution in [0.5, 0.6) is 0 Å². The van der Waals surface area contributed by atoms with E-state index in [1.807, 2.05) is 38.1 Å². The Bertz CT molecular complexity index is 904. The van der Waals surface area contributed by atoms with E-state index in [4.69, 9.17) is 4.42 Å². The van der Waals surface area contributed by atoms with Gasteiger partial charge >= 0.3 is 0 Å². The van der Waals surface area contributed by atoms with Crippen LogP contribution in [-0.4, -0.2) is 10.9 Å². The molecule has 3 rings (SSSR count). The number of rotatable bonds is 6. The van der Waals surface area contributed by atoms with Crippen molar-refractivity contribution >= 4 is 11.6 Å². The summed E-state index contributed by atoms with van der Waals surface area (Å²) >= 11 is 0. The minimum absolute atomic E-state index is 0.0407. The summed E-state index contributed by atoms with van der Waals surface area (Å²) in [7, 11) is 0. The maximum Gasteiger partial charge on any atom is 0.224 e. The standard InChI is InChI=1S/C23H26N2O2/c1-15(2)18-5-7-19(8-6-18)21-14-24-23(27-21)10-9-22(26)25-20-12-16(3)11-17(4)13-20/h5-8,11-15H,9-10H2,1-4H3,(H,25,26). The van der Waals surface area contributed by atoms with Crippen LogP contribution in [0.25, 0.3) is 11.3 Å². The van der Waals surface area contributed by atoms with E-state index in [0.29, 0.717) is 24.7 Å². The first-order chi connectivity index (χ1) is 12.9. The summed E-state index contributed by atoms with van der Waals surface area (Å²) in [6.45, 7) is 8.38. The second-order valence-corrected chi connectivity index (χ2v) is 7.32. The fraction of sp³-hybridized carbons (Fsp3) is 0.304. The zero-order valence-corrected chi connectivity index (χ0v) is 16.4. The molecule has 0 saturated carbocycles. The lowest BCUT2D eigenvalue weighted by Crippen LogP contribution is -2.12. The number of amides is 1. The highest BCUT2D eigenvalue weighted by atomic mass is 16.4. The summed E-state index contributed by atoms with van der Waals surface area (Å²) in [5.74, 6) is 1.77. The van der Waals surface area contributed by atoms with Gasteiger partial charge in [0.2, 0.25) is 5.91 Å². The van der Waals surface area contributed by atoms with Gasteiger partial charge in [0, 0.05) is 24.1 Å². The highest BCUT2D eigenvalue weighted by Gasteiger charge is 2.10. The number of carbonyl (C=O) groups is 1. The molecule has 0 bridgehead atoms. The molecule has 3 aromatic rings. The molecule has 140 valence electrons. The van der Waals surface area contributed by atoms with Crippen molar-refractivity contribution in [1.82, 2.24) is 4.98 Å². The molecule has 1 heterocycles. The van der Waals surface area contributed by atoms with E-state index in [2.05, 4.69) is 42.3 Å². The zero-order chi connectivity index (χ0) is 19.4. The lowest BCUT2D eigenvalue weighted by Gasteiger charge is -2.07. The van der Waals surface area contributed by atoms with Gasteiger partial charge in [0.1, 0.15) is 0 Å². The van der Waals surface area contributed by atoms with Crippen molar-refractivity contribution in [3.63, 3.8) is 0 Å². The maximum atomic E-state index is 12.2. The number of anilines is 1. The van der Waals surface area contributed by atoms with Gasteiger partial charge in [-0.3, -0.25) is 4.79 Å². The van der Waals surface area contributed by atoms with Crippen LogP contribution in [-0.2, 0) is 11.2 Å². The molecule has 0 unspecified atom stereocenters. The topological polar surface area (TPSA) is 55.1 Å². The number of nitrogens with zero attached hydrogens (tertiary/aromatic N) is 1. The highest BCUT2D eigenvalue weighted by Crippen LogP contribution is 2.24. The van der Waals surface area contributed by atoms with E-state index in [1.165, 1.54) is 5.56 Å². The molecule has 0 fully saturated rings. The SMILES string of the molecule is Cc1cc(C)cc(NC(=O)CCc2ncc(-c3ccc(C(C)C)cc3)o2)c1. The molecule has 0 radical (unpaired) electrons. The second kappa shape index (κ2) is 8.21. The van der Waals surface area contributed by atoms with Gasteiger partial charge in [-0.2, -0.15) is 0 Å². The Morgan fingerprint density at radius 2 is 1.74 bits per heavy atom. The van der Waals surface area contributed by atoms with E-state index in [1.54, 1.807) is 6.20 Å². The molecule has 0 aliphatic heterocycles. The molecule has 0 spiro atoms. The molecule has 4 nitrogen and oxygen atoms in total. The van der Waals surface area contributed by atoms with Gasteiger partial charge < -0.3 is 9.73 Å². The summed E-state index contributed by atoms with van der Waals surface area (Å²) in [5.41, 5.74) is 5.38. The molecular weight excluding hydrogens is 336 g/mol. The monoisotopic (exact) mass is 362 g/mol. The smallest absolute Gasteiger partial charge is 0.224 e. The van der Waals surface area contributed by atoms with Gasteiger partial charge in [0.15, 0.2) is 11.7 Å². The van der Waals surface area contributed by atoms with Crippen molar-refractivity contribution in [2.24, 2.45) is 0 Å². The normalized spacial score (nSPS) is 11.0. The Hall–Kier alpha value is -2.88. The minimum Gasteiger partial charge on any atom is -0.441 e. The fourth-order valence-corrected chi connectivity index (χ4v) is 3.08. The summed E-state index contributed by atoms with van der Waals surface area (Å²) in [4.78, 5) is 16.5. The minimum atomic E-state index is -0.0407. The van der Waals surface area contributed by atoms with Crippen LogP contribution in [0.15, 0.2) is 53.1 Å². The number of benzene rings is 2. The number of hydrogen-bond donors (Lipinski definition) is 1. The van der Waals surface area contributed by atoms with E-state index in [-0.39, 0.29) is 5.91 Å². The van der Waals surface area contributed by atoms with Crippen LogP contribution >= 0.6 is 0 Å². The average Bonchev–Trinajstić information content (AvgIpc) is 3.08. The molecule has 1 N–H and O–H groups in total. The van der Waals surface area contributed by atoms with Crippen LogP contribution in [0.2, 0.25) is 0 Å². The quantitative estimate of drug-likeness (QED) is 0.616. The third-order valence-electron chi connectivity index (χ3n) is 4.49. The third kappa shape index (κ3) is 5.07. The predicted octanol–water partition coefficient (Wildman–Crippen LogP) is 5.65. The average molecular weight is 362 g/mol. The number of oxazole rings is 1. The Balaban J connectivity index is 1.58. The Morgan fingerprint density at radius 1 is 1.07 bits per heavy atom. The summed E-state index contributed by atoms with van der Waals surface area (Å²) in [6.07, 6.45) is 2.53.